The third-order valence-electron chi connectivity index (χ3n) is 6.55. The van der Waals surface area contributed by atoms with Crippen LogP contribution >= 0.6 is 0 Å². The topological polar surface area (TPSA) is 6.48 Å². The summed E-state index contributed by atoms with van der Waals surface area (Å²) in [5, 5.41) is 0. The largest absolute Gasteiger partial charge is 0.301 e. The van der Waals surface area contributed by atoms with Gasteiger partial charge in [-0.05, 0) is 96.7 Å². The van der Waals surface area contributed by atoms with Crippen LogP contribution in [0.25, 0.3) is 0 Å². The van der Waals surface area contributed by atoms with E-state index in [0.29, 0.717) is 0 Å². The first kappa shape index (κ1) is 15.8. The van der Waals surface area contributed by atoms with Gasteiger partial charge in [0.05, 0.1) is 0 Å². The van der Waals surface area contributed by atoms with Crippen molar-refractivity contribution in [2.75, 3.05) is 26.2 Å². The van der Waals surface area contributed by atoms with Gasteiger partial charge in [0, 0.05) is 18.6 Å². The first-order valence-corrected chi connectivity index (χ1v) is 9.56. The van der Waals surface area contributed by atoms with E-state index in [9.17, 15) is 0 Å². The van der Waals surface area contributed by atoms with Crippen LogP contribution in [0.4, 0.5) is 0 Å². The zero-order chi connectivity index (χ0) is 14.9. The van der Waals surface area contributed by atoms with Crippen LogP contribution in [-0.2, 0) is 0 Å². The molecule has 0 amide bonds. The lowest BCUT2D eigenvalue weighted by Gasteiger charge is -2.55. The molecule has 3 aliphatic rings. The maximum Gasteiger partial charge on any atom is 0.00695 e. The second kappa shape index (κ2) is 6.58. The Balaban J connectivity index is 1.44. The molecular weight excluding hydrogens is 256 g/mol. The van der Waals surface area contributed by atoms with Crippen molar-refractivity contribution < 1.29 is 0 Å². The van der Waals surface area contributed by atoms with Crippen molar-refractivity contribution in [1.82, 2.24) is 9.80 Å². The molecule has 0 bridgehead atoms. The fraction of sp³-hybridized carbons (Fsp3) is 1.00. The van der Waals surface area contributed by atoms with E-state index in [2.05, 4.69) is 30.6 Å². The average molecular weight is 293 g/mol. The summed E-state index contributed by atoms with van der Waals surface area (Å²) in [6, 6.07) is 1.57. The van der Waals surface area contributed by atoms with Crippen LogP contribution in [0.2, 0.25) is 0 Å². The summed E-state index contributed by atoms with van der Waals surface area (Å²) in [7, 11) is 0. The molecule has 0 radical (unpaired) electrons. The van der Waals surface area contributed by atoms with Crippen molar-refractivity contribution in [2.24, 2.45) is 11.3 Å². The van der Waals surface area contributed by atoms with E-state index in [1.165, 1.54) is 77.5 Å². The fourth-order valence-electron chi connectivity index (χ4n) is 5.34. The van der Waals surface area contributed by atoms with Crippen LogP contribution in [0.5, 0.6) is 0 Å². The number of hydrogen-bond acceptors (Lipinski definition) is 2. The molecule has 3 rings (SSSR count). The highest BCUT2D eigenvalue weighted by molar-refractivity contribution is 4.99. The van der Waals surface area contributed by atoms with Crippen molar-refractivity contribution >= 4 is 0 Å². The van der Waals surface area contributed by atoms with E-state index in [-0.39, 0.29) is 0 Å². The molecule has 2 nitrogen and oxygen atoms in total. The van der Waals surface area contributed by atoms with Gasteiger partial charge in [0.1, 0.15) is 0 Å². The number of hydrogen-bond donors (Lipinski definition) is 0. The lowest BCUT2D eigenvalue weighted by atomic mass is 9.57. The predicted molar refractivity (Wildman–Crippen MR) is 90.6 cm³/mol. The molecule has 0 aromatic carbocycles. The van der Waals surface area contributed by atoms with Crippen molar-refractivity contribution in [3.8, 4) is 0 Å². The summed E-state index contributed by atoms with van der Waals surface area (Å²) in [5.41, 5.74) is 0.717. The second-order valence-electron chi connectivity index (χ2n) is 8.62. The Hall–Kier alpha value is -0.0800. The maximum absolute atomic E-state index is 2.76. The molecule has 2 heteroatoms. The molecule has 1 saturated carbocycles. The summed E-state index contributed by atoms with van der Waals surface area (Å²) in [5.74, 6) is 1.02. The number of piperidine rings is 2. The van der Waals surface area contributed by atoms with Crippen LogP contribution in [-0.4, -0.2) is 48.1 Å². The van der Waals surface area contributed by atoms with Crippen LogP contribution in [0.1, 0.15) is 72.1 Å². The SMILES string of the molecule is CC(C)N1CCCC2(CC(CC(C)N3CCCCC3)C2)C1. The van der Waals surface area contributed by atoms with Gasteiger partial charge < -0.3 is 9.80 Å². The Kier molecular flexibility index (Phi) is 4.95. The molecule has 122 valence electrons. The van der Waals surface area contributed by atoms with Gasteiger partial charge in [-0.1, -0.05) is 6.42 Å². The smallest absolute Gasteiger partial charge is 0.00695 e. The van der Waals surface area contributed by atoms with E-state index >= 15 is 0 Å². The van der Waals surface area contributed by atoms with Gasteiger partial charge in [0.25, 0.3) is 0 Å². The Morgan fingerprint density at radius 1 is 0.905 bits per heavy atom. The summed E-state index contributed by atoms with van der Waals surface area (Å²) >= 11 is 0. The third kappa shape index (κ3) is 3.64. The van der Waals surface area contributed by atoms with Gasteiger partial charge in [0.15, 0.2) is 0 Å². The van der Waals surface area contributed by atoms with Crippen LogP contribution in [0.15, 0.2) is 0 Å². The zero-order valence-electron chi connectivity index (χ0n) is 14.6. The second-order valence-corrected chi connectivity index (χ2v) is 8.62. The molecule has 1 aliphatic carbocycles. The summed E-state index contributed by atoms with van der Waals surface area (Å²) < 4.78 is 0. The van der Waals surface area contributed by atoms with Crippen molar-refractivity contribution in [2.45, 2.75) is 84.2 Å². The fourth-order valence-corrected chi connectivity index (χ4v) is 5.34. The van der Waals surface area contributed by atoms with E-state index in [1.54, 1.807) is 0 Å². The number of nitrogens with zero attached hydrogens (tertiary/aromatic N) is 2. The zero-order valence-corrected chi connectivity index (χ0v) is 14.6. The summed E-state index contributed by atoms with van der Waals surface area (Å²) in [6.45, 7) is 12.7. The highest BCUT2D eigenvalue weighted by atomic mass is 15.2. The molecule has 2 saturated heterocycles. The van der Waals surface area contributed by atoms with Crippen LogP contribution in [0, 0.1) is 11.3 Å². The van der Waals surface area contributed by atoms with Crippen molar-refractivity contribution in [3.05, 3.63) is 0 Å². The van der Waals surface area contributed by atoms with Gasteiger partial charge in [-0.15, -0.1) is 0 Å². The van der Waals surface area contributed by atoms with E-state index in [1.807, 2.05) is 0 Å². The quantitative estimate of drug-likeness (QED) is 0.768. The summed E-state index contributed by atoms with van der Waals surface area (Å²) in [6.07, 6.45) is 11.8. The molecule has 0 aromatic heterocycles. The van der Waals surface area contributed by atoms with Gasteiger partial charge in [-0.3, -0.25) is 0 Å². The molecule has 0 aromatic rings. The molecule has 3 fully saturated rings. The monoisotopic (exact) mass is 292 g/mol. The average Bonchev–Trinajstić information content (AvgIpc) is 2.47. The minimum absolute atomic E-state index is 0.717. The molecule has 2 heterocycles. The Bertz CT molecular complexity index is 326. The highest BCUT2D eigenvalue weighted by Crippen LogP contribution is 2.53. The van der Waals surface area contributed by atoms with Gasteiger partial charge in [0.2, 0.25) is 0 Å². The Labute approximate surface area is 132 Å². The highest BCUT2D eigenvalue weighted by Gasteiger charge is 2.46. The standard InChI is InChI=1S/C19H36N2/c1-16(2)21-11-7-8-19(15-21)13-18(14-19)12-17(3)20-9-5-4-6-10-20/h16-18H,4-15H2,1-3H3. The van der Waals surface area contributed by atoms with Crippen molar-refractivity contribution in [1.29, 1.82) is 0 Å². The lowest BCUT2D eigenvalue weighted by molar-refractivity contribution is -0.0434. The van der Waals surface area contributed by atoms with E-state index in [4.69, 9.17) is 0 Å². The third-order valence-corrected chi connectivity index (χ3v) is 6.55. The molecule has 2 aliphatic heterocycles. The minimum Gasteiger partial charge on any atom is -0.301 e. The van der Waals surface area contributed by atoms with Gasteiger partial charge in [-0.2, -0.15) is 0 Å². The molecule has 0 N–H and O–H groups in total. The maximum atomic E-state index is 2.76. The predicted octanol–water partition coefficient (Wildman–Crippen LogP) is 4.15. The van der Waals surface area contributed by atoms with Crippen LogP contribution < -0.4 is 0 Å². The summed E-state index contributed by atoms with van der Waals surface area (Å²) in [4.78, 5) is 5.49. The Morgan fingerprint density at radius 3 is 2.24 bits per heavy atom. The molecule has 1 unspecified atom stereocenters. The molecular formula is C19H36N2. The first-order chi connectivity index (χ1) is 10.1. The van der Waals surface area contributed by atoms with E-state index in [0.717, 1.165) is 23.4 Å². The molecule has 1 atom stereocenters. The van der Waals surface area contributed by atoms with Gasteiger partial charge >= 0.3 is 0 Å². The first-order valence-electron chi connectivity index (χ1n) is 9.56. The van der Waals surface area contributed by atoms with E-state index < -0.39 is 0 Å². The van der Waals surface area contributed by atoms with Crippen LogP contribution in [0.3, 0.4) is 0 Å². The lowest BCUT2D eigenvalue weighted by Crippen LogP contribution is -2.53. The Morgan fingerprint density at radius 2 is 1.57 bits per heavy atom. The normalized spacial score (nSPS) is 36.9. The number of rotatable bonds is 4. The molecule has 21 heavy (non-hydrogen) atoms. The minimum atomic E-state index is 0.717. The number of likely N-dealkylation sites (tertiary alicyclic amines) is 2. The molecule has 1 spiro atoms. The van der Waals surface area contributed by atoms with Crippen molar-refractivity contribution in [3.63, 3.8) is 0 Å². The van der Waals surface area contributed by atoms with Gasteiger partial charge in [-0.25, -0.2) is 0 Å².